The van der Waals surface area contributed by atoms with E-state index in [2.05, 4.69) is 10.6 Å². The quantitative estimate of drug-likeness (QED) is 0.775. The number of carbonyl (C=O) groups is 3. The van der Waals surface area contributed by atoms with Crippen LogP contribution in [0.5, 0.6) is 0 Å². The van der Waals surface area contributed by atoms with Gasteiger partial charge in [-0.1, -0.05) is 32.0 Å². The van der Waals surface area contributed by atoms with Gasteiger partial charge in [-0.05, 0) is 29.9 Å². The summed E-state index contributed by atoms with van der Waals surface area (Å²) in [4.78, 5) is 37.9. The molecule has 28 heavy (non-hydrogen) atoms. The Morgan fingerprint density at radius 1 is 1.25 bits per heavy atom. The van der Waals surface area contributed by atoms with E-state index in [-0.39, 0.29) is 36.7 Å². The van der Waals surface area contributed by atoms with Crippen molar-refractivity contribution in [3.8, 4) is 0 Å². The third kappa shape index (κ3) is 4.96. The van der Waals surface area contributed by atoms with Crippen molar-refractivity contribution in [1.29, 1.82) is 0 Å². The van der Waals surface area contributed by atoms with Crippen LogP contribution in [0.15, 0.2) is 42.3 Å². The van der Waals surface area contributed by atoms with Crippen LogP contribution in [0.1, 0.15) is 29.9 Å². The number of nitrogens with one attached hydrogen (secondary N) is 2. The average Bonchev–Trinajstić information content (AvgIpc) is 3.00. The highest BCUT2D eigenvalue weighted by Crippen LogP contribution is 2.25. The van der Waals surface area contributed by atoms with Gasteiger partial charge in [0, 0.05) is 4.70 Å². The summed E-state index contributed by atoms with van der Waals surface area (Å²) in [5, 5.41) is 6.33. The predicted octanol–water partition coefficient (Wildman–Crippen LogP) is 2.58. The third-order valence-corrected chi connectivity index (χ3v) is 5.24. The van der Waals surface area contributed by atoms with Crippen LogP contribution < -0.4 is 10.6 Å². The van der Waals surface area contributed by atoms with E-state index in [9.17, 15) is 14.4 Å². The van der Waals surface area contributed by atoms with Crippen LogP contribution in [0.4, 0.5) is 0 Å². The molecule has 3 rings (SSSR count). The molecule has 0 radical (unpaired) electrons. The van der Waals surface area contributed by atoms with Crippen molar-refractivity contribution in [2.75, 3.05) is 13.4 Å². The second-order valence-corrected chi connectivity index (χ2v) is 7.96. The molecular weight excluding hydrogens is 380 g/mol. The van der Waals surface area contributed by atoms with Crippen LogP contribution in [-0.4, -0.2) is 37.0 Å². The summed E-state index contributed by atoms with van der Waals surface area (Å²) in [5.74, 6) is -1.00. The number of carbonyl (C=O) groups excluding carboxylic acids is 3. The number of benzene rings is 1. The maximum atomic E-state index is 12.7. The number of amides is 2. The minimum absolute atomic E-state index is 0.0207. The fraction of sp³-hybridized carbons (Fsp3) is 0.350. The molecule has 2 N–H and O–H groups in total. The first-order chi connectivity index (χ1) is 13.4. The standard InChI is InChI=1S/C20H22N2O5S/c1-12(2)7-14(19(24)22-15-9-26-11-27-10-16(15)23)21-20(25)18-8-13-5-3-4-6-17(13)28-18/h3-6,8-9,12,14H,7,10-11H2,1-2H3,(H,21,25)(H,22,24)/t14-/m0/s1. The number of thiophene rings is 1. The highest BCUT2D eigenvalue weighted by Gasteiger charge is 2.26. The lowest BCUT2D eigenvalue weighted by Crippen LogP contribution is -2.47. The van der Waals surface area contributed by atoms with Crippen LogP contribution >= 0.6 is 11.3 Å². The van der Waals surface area contributed by atoms with E-state index in [4.69, 9.17) is 9.47 Å². The molecule has 0 spiro atoms. The minimum Gasteiger partial charge on any atom is -0.473 e. The van der Waals surface area contributed by atoms with Crippen molar-refractivity contribution in [3.05, 3.63) is 47.2 Å². The molecular formula is C20H22N2O5S. The molecule has 2 aromatic rings. The summed E-state index contributed by atoms with van der Waals surface area (Å²) in [5.41, 5.74) is 0.0207. The molecule has 2 amide bonds. The van der Waals surface area contributed by atoms with Gasteiger partial charge < -0.3 is 20.1 Å². The van der Waals surface area contributed by atoms with E-state index in [1.165, 1.54) is 17.6 Å². The van der Waals surface area contributed by atoms with Crippen LogP contribution in [0.3, 0.4) is 0 Å². The molecule has 0 saturated carbocycles. The lowest BCUT2D eigenvalue weighted by molar-refractivity contribution is -0.126. The minimum atomic E-state index is -0.782. The Morgan fingerprint density at radius 3 is 2.79 bits per heavy atom. The van der Waals surface area contributed by atoms with Crippen LogP contribution in [-0.2, 0) is 19.1 Å². The molecule has 0 unspecified atom stereocenters. The van der Waals surface area contributed by atoms with Gasteiger partial charge in [0.2, 0.25) is 11.7 Å². The molecule has 0 aliphatic carbocycles. The average molecular weight is 402 g/mol. The van der Waals surface area contributed by atoms with Gasteiger partial charge in [-0.2, -0.15) is 0 Å². The zero-order valence-electron chi connectivity index (χ0n) is 15.7. The van der Waals surface area contributed by atoms with Gasteiger partial charge in [0.1, 0.15) is 24.6 Å². The van der Waals surface area contributed by atoms with Gasteiger partial charge in [-0.25, -0.2) is 0 Å². The molecule has 0 saturated heterocycles. The Hall–Kier alpha value is -2.71. The molecule has 8 heteroatoms. The SMILES string of the molecule is CC(C)C[C@H](NC(=O)c1cc2ccccc2s1)C(=O)NC1=COCOCC1=O. The molecule has 1 aromatic carbocycles. The van der Waals surface area contributed by atoms with Crippen molar-refractivity contribution < 1.29 is 23.9 Å². The fourth-order valence-electron chi connectivity index (χ4n) is 2.79. The molecule has 1 aromatic heterocycles. The van der Waals surface area contributed by atoms with Crippen molar-refractivity contribution >= 4 is 39.0 Å². The maximum absolute atomic E-state index is 12.7. The summed E-state index contributed by atoms with van der Waals surface area (Å²) in [6.07, 6.45) is 1.61. The smallest absolute Gasteiger partial charge is 0.262 e. The highest BCUT2D eigenvalue weighted by atomic mass is 32.1. The highest BCUT2D eigenvalue weighted by molar-refractivity contribution is 7.20. The van der Waals surface area contributed by atoms with Crippen molar-refractivity contribution in [3.63, 3.8) is 0 Å². The summed E-state index contributed by atoms with van der Waals surface area (Å²) >= 11 is 1.37. The van der Waals surface area contributed by atoms with Gasteiger partial charge >= 0.3 is 0 Å². The summed E-state index contributed by atoms with van der Waals surface area (Å²) in [7, 11) is 0. The molecule has 148 valence electrons. The van der Waals surface area contributed by atoms with E-state index in [1.54, 1.807) is 0 Å². The number of ether oxygens (including phenoxy) is 2. The maximum Gasteiger partial charge on any atom is 0.262 e. The Bertz CT molecular complexity index is 885. The lowest BCUT2D eigenvalue weighted by atomic mass is 10.0. The number of ketones is 1. The summed E-state index contributed by atoms with van der Waals surface area (Å²) < 4.78 is 11.0. The molecule has 2 heterocycles. The first-order valence-corrected chi connectivity index (χ1v) is 9.78. The number of rotatable bonds is 6. The summed E-state index contributed by atoms with van der Waals surface area (Å²) in [6.45, 7) is 3.69. The Morgan fingerprint density at radius 2 is 2.04 bits per heavy atom. The monoisotopic (exact) mass is 402 g/mol. The third-order valence-electron chi connectivity index (χ3n) is 4.12. The number of Topliss-reactive ketones (excluding diaryl/α,β-unsaturated/α-hetero) is 1. The Kier molecular flexibility index (Phi) is 6.43. The van der Waals surface area contributed by atoms with Crippen molar-refractivity contribution in [2.45, 2.75) is 26.3 Å². The second kappa shape index (κ2) is 8.99. The first kappa shape index (κ1) is 20.0. The van der Waals surface area contributed by atoms with Gasteiger partial charge in [0.05, 0.1) is 4.88 Å². The van der Waals surface area contributed by atoms with Crippen molar-refractivity contribution in [2.24, 2.45) is 5.92 Å². The summed E-state index contributed by atoms with van der Waals surface area (Å²) in [6, 6.07) is 8.74. The normalized spacial score (nSPS) is 15.5. The van der Waals surface area contributed by atoms with Gasteiger partial charge in [-0.3, -0.25) is 14.4 Å². The molecule has 0 fully saturated rings. The van der Waals surface area contributed by atoms with Crippen LogP contribution in [0.25, 0.3) is 10.1 Å². The van der Waals surface area contributed by atoms with Crippen molar-refractivity contribution in [1.82, 2.24) is 10.6 Å². The number of fused-ring (bicyclic) bond motifs is 1. The van der Waals surface area contributed by atoms with Gasteiger partial charge in [0.25, 0.3) is 5.91 Å². The zero-order chi connectivity index (χ0) is 20.1. The van der Waals surface area contributed by atoms with Gasteiger partial charge in [0.15, 0.2) is 6.79 Å². The molecule has 1 aliphatic heterocycles. The van der Waals surface area contributed by atoms with E-state index >= 15 is 0 Å². The van der Waals surface area contributed by atoms with E-state index in [1.807, 2.05) is 44.2 Å². The van der Waals surface area contributed by atoms with Crippen LogP contribution in [0.2, 0.25) is 0 Å². The molecule has 1 atom stereocenters. The zero-order valence-corrected chi connectivity index (χ0v) is 16.5. The topological polar surface area (TPSA) is 93.7 Å². The van der Waals surface area contributed by atoms with E-state index in [0.29, 0.717) is 11.3 Å². The first-order valence-electron chi connectivity index (χ1n) is 8.97. The molecule has 0 bridgehead atoms. The number of hydrogen-bond acceptors (Lipinski definition) is 6. The van der Waals surface area contributed by atoms with Crippen LogP contribution in [0, 0.1) is 5.92 Å². The Balaban J connectivity index is 1.73. The van der Waals surface area contributed by atoms with E-state index in [0.717, 1.165) is 10.1 Å². The lowest BCUT2D eigenvalue weighted by Gasteiger charge is -2.20. The second-order valence-electron chi connectivity index (χ2n) is 6.88. The Labute approximate surface area is 166 Å². The fourth-order valence-corrected chi connectivity index (χ4v) is 3.75. The molecule has 7 nitrogen and oxygen atoms in total. The number of hydrogen-bond donors (Lipinski definition) is 2. The molecule has 1 aliphatic rings. The largest absolute Gasteiger partial charge is 0.473 e. The van der Waals surface area contributed by atoms with E-state index < -0.39 is 11.9 Å². The predicted molar refractivity (Wildman–Crippen MR) is 106 cm³/mol. The van der Waals surface area contributed by atoms with Gasteiger partial charge in [-0.15, -0.1) is 11.3 Å².